The number of anilines is 1. The largest absolute Gasteiger partial charge is 0.343 e. The standard InChI is InChI=1S/C25H27N3O3/c1-18-6-2-7-19(16-18)17-23(29)26-22-9-3-8-21-20(22)11-15-28(25(21)31)14-5-13-27-12-4-10-24(27)30/h2-3,6-9,11,15-16H,4-5,10,12-14,17H2,1H3,(H,26,29). The summed E-state index contributed by atoms with van der Waals surface area (Å²) in [6, 6.07) is 15.1. The number of aromatic nitrogens is 1. The molecule has 0 spiro atoms. The van der Waals surface area contributed by atoms with Crippen molar-refractivity contribution >= 4 is 28.3 Å². The van der Waals surface area contributed by atoms with E-state index in [1.165, 1.54) is 0 Å². The highest BCUT2D eigenvalue weighted by Gasteiger charge is 2.19. The van der Waals surface area contributed by atoms with Crippen LogP contribution < -0.4 is 10.9 Å². The van der Waals surface area contributed by atoms with E-state index in [0.717, 1.165) is 35.9 Å². The Morgan fingerprint density at radius 1 is 1.03 bits per heavy atom. The minimum absolute atomic E-state index is 0.0833. The number of carbonyl (C=O) groups is 2. The van der Waals surface area contributed by atoms with Gasteiger partial charge in [0.05, 0.1) is 6.42 Å². The maximum Gasteiger partial charge on any atom is 0.258 e. The summed E-state index contributed by atoms with van der Waals surface area (Å²) in [7, 11) is 0. The molecule has 0 radical (unpaired) electrons. The molecule has 2 amide bonds. The lowest BCUT2D eigenvalue weighted by Gasteiger charge is -2.16. The summed E-state index contributed by atoms with van der Waals surface area (Å²) in [6.45, 7) is 4.05. The number of nitrogens with one attached hydrogen (secondary N) is 1. The lowest BCUT2D eigenvalue weighted by atomic mass is 10.1. The monoisotopic (exact) mass is 417 g/mol. The molecule has 2 aromatic carbocycles. The molecule has 1 fully saturated rings. The summed E-state index contributed by atoms with van der Waals surface area (Å²) in [4.78, 5) is 39.1. The third kappa shape index (κ3) is 4.85. The average Bonchev–Trinajstić information content (AvgIpc) is 3.15. The van der Waals surface area contributed by atoms with Gasteiger partial charge in [0.25, 0.3) is 5.56 Å². The minimum atomic E-state index is -0.113. The Hall–Kier alpha value is -3.41. The molecule has 1 saturated heterocycles. The van der Waals surface area contributed by atoms with Crippen LogP contribution in [0.4, 0.5) is 5.69 Å². The van der Waals surface area contributed by atoms with Crippen LogP contribution in [-0.4, -0.2) is 34.4 Å². The van der Waals surface area contributed by atoms with Gasteiger partial charge in [-0.05, 0) is 43.5 Å². The number of hydrogen-bond acceptors (Lipinski definition) is 3. The SMILES string of the molecule is Cc1cccc(CC(=O)Nc2cccc3c(=O)n(CCCN4CCCC4=O)ccc23)c1. The highest BCUT2D eigenvalue weighted by atomic mass is 16.2. The Kier molecular flexibility index (Phi) is 6.16. The number of carbonyl (C=O) groups excluding carboxylic acids is 2. The quantitative estimate of drug-likeness (QED) is 0.640. The Bertz CT molecular complexity index is 1180. The van der Waals surface area contributed by atoms with E-state index >= 15 is 0 Å². The van der Waals surface area contributed by atoms with Crippen LogP contribution in [0.5, 0.6) is 0 Å². The van der Waals surface area contributed by atoms with Crippen molar-refractivity contribution in [3.05, 3.63) is 76.2 Å². The van der Waals surface area contributed by atoms with Gasteiger partial charge in [0.1, 0.15) is 0 Å². The maximum absolute atomic E-state index is 13.0. The fourth-order valence-electron chi connectivity index (χ4n) is 4.18. The molecule has 0 aliphatic carbocycles. The average molecular weight is 418 g/mol. The van der Waals surface area contributed by atoms with Crippen molar-refractivity contribution in [2.24, 2.45) is 0 Å². The van der Waals surface area contributed by atoms with Gasteiger partial charge in [-0.2, -0.15) is 0 Å². The van der Waals surface area contributed by atoms with E-state index in [9.17, 15) is 14.4 Å². The lowest BCUT2D eigenvalue weighted by Crippen LogP contribution is -2.28. The third-order valence-electron chi connectivity index (χ3n) is 5.74. The van der Waals surface area contributed by atoms with E-state index in [1.807, 2.05) is 48.2 Å². The van der Waals surface area contributed by atoms with Gasteiger partial charge in [-0.3, -0.25) is 14.4 Å². The van der Waals surface area contributed by atoms with Crippen molar-refractivity contribution in [3.8, 4) is 0 Å². The van der Waals surface area contributed by atoms with Gasteiger partial charge < -0.3 is 14.8 Å². The molecule has 1 N–H and O–H groups in total. The summed E-state index contributed by atoms with van der Waals surface area (Å²) in [5.74, 6) is 0.0921. The summed E-state index contributed by atoms with van der Waals surface area (Å²) < 4.78 is 1.68. The molecule has 160 valence electrons. The number of fused-ring (bicyclic) bond motifs is 1. The Morgan fingerprint density at radius 3 is 2.65 bits per heavy atom. The van der Waals surface area contributed by atoms with E-state index in [1.54, 1.807) is 22.9 Å². The van der Waals surface area contributed by atoms with Crippen LogP contribution >= 0.6 is 0 Å². The maximum atomic E-state index is 13.0. The molecule has 3 aromatic rings. The zero-order valence-corrected chi connectivity index (χ0v) is 17.8. The van der Waals surface area contributed by atoms with Crippen LogP contribution in [0, 0.1) is 6.92 Å². The molecule has 0 atom stereocenters. The number of aryl methyl sites for hydroxylation is 2. The van der Waals surface area contributed by atoms with Crippen LogP contribution in [0.25, 0.3) is 10.8 Å². The Morgan fingerprint density at radius 2 is 1.87 bits per heavy atom. The number of hydrogen-bond donors (Lipinski definition) is 1. The molecule has 1 aliphatic heterocycles. The van der Waals surface area contributed by atoms with Crippen molar-refractivity contribution in [1.82, 2.24) is 9.47 Å². The van der Waals surface area contributed by atoms with Crippen molar-refractivity contribution in [2.75, 3.05) is 18.4 Å². The first-order valence-corrected chi connectivity index (χ1v) is 10.8. The smallest absolute Gasteiger partial charge is 0.258 e. The van der Waals surface area contributed by atoms with Crippen molar-refractivity contribution in [2.45, 2.75) is 39.2 Å². The zero-order valence-electron chi connectivity index (χ0n) is 17.8. The first-order chi connectivity index (χ1) is 15.0. The van der Waals surface area contributed by atoms with Gasteiger partial charge in [0.2, 0.25) is 11.8 Å². The minimum Gasteiger partial charge on any atom is -0.343 e. The third-order valence-corrected chi connectivity index (χ3v) is 5.74. The normalized spacial score (nSPS) is 13.7. The number of nitrogens with zero attached hydrogens (tertiary/aromatic N) is 2. The summed E-state index contributed by atoms with van der Waals surface area (Å²) in [6.07, 6.45) is 4.35. The van der Waals surface area contributed by atoms with Crippen molar-refractivity contribution in [1.29, 1.82) is 0 Å². The molecule has 0 saturated carbocycles. The van der Waals surface area contributed by atoms with E-state index in [4.69, 9.17) is 0 Å². The first kappa shape index (κ1) is 20.8. The number of pyridine rings is 1. The van der Waals surface area contributed by atoms with Crippen LogP contribution in [-0.2, 0) is 22.6 Å². The molecule has 4 rings (SSSR count). The van der Waals surface area contributed by atoms with Gasteiger partial charge in [0, 0.05) is 48.7 Å². The Labute approximate surface area is 181 Å². The fourth-order valence-corrected chi connectivity index (χ4v) is 4.18. The van der Waals surface area contributed by atoms with Crippen LogP contribution in [0.2, 0.25) is 0 Å². The molecule has 31 heavy (non-hydrogen) atoms. The number of benzene rings is 2. The molecule has 6 heteroatoms. The molecular formula is C25H27N3O3. The molecule has 1 aliphatic rings. The van der Waals surface area contributed by atoms with E-state index in [2.05, 4.69) is 5.32 Å². The number of rotatable bonds is 7. The number of amides is 2. The topological polar surface area (TPSA) is 71.4 Å². The van der Waals surface area contributed by atoms with Gasteiger partial charge in [-0.15, -0.1) is 0 Å². The van der Waals surface area contributed by atoms with Crippen molar-refractivity contribution < 1.29 is 9.59 Å². The highest BCUT2D eigenvalue weighted by molar-refractivity contribution is 6.02. The zero-order chi connectivity index (χ0) is 21.8. The van der Waals surface area contributed by atoms with E-state index < -0.39 is 0 Å². The Balaban J connectivity index is 1.46. The summed E-state index contributed by atoms with van der Waals surface area (Å²) in [5, 5.41) is 4.26. The second-order valence-corrected chi connectivity index (χ2v) is 8.13. The number of likely N-dealkylation sites (tertiary alicyclic amines) is 1. The van der Waals surface area contributed by atoms with Gasteiger partial charge in [0.15, 0.2) is 0 Å². The van der Waals surface area contributed by atoms with Crippen LogP contribution in [0.15, 0.2) is 59.5 Å². The van der Waals surface area contributed by atoms with Crippen LogP contribution in [0.1, 0.15) is 30.4 Å². The van der Waals surface area contributed by atoms with Gasteiger partial charge >= 0.3 is 0 Å². The summed E-state index contributed by atoms with van der Waals surface area (Å²) in [5.41, 5.74) is 2.63. The lowest BCUT2D eigenvalue weighted by molar-refractivity contribution is -0.127. The first-order valence-electron chi connectivity index (χ1n) is 10.8. The second kappa shape index (κ2) is 9.16. The predicted molar refractivity (Wildman–Crippen MR) is 122 cm³/mol. The second-order valence-electron chi connectivity index (χ2n) is 8.13. The molecule has 2 heterocycles. The van der Waals surface area contributed by atoms with Gasteiger partial charge in [-0.25, -0.2) is 0 Å². The summed E-state index contributed by atoms with van der Waals surface area (Å²) >= 11 is 0. The van der Waals surface area contributed by atoms with Crippen molar-refractivity contribution in [3.63, 3.8) is 0 Å². The predicted octanol–water partition coefficient (Wildman–Crippen LogP) is 3.50. The molecule has 0 unspecified atom stereocenters. The molecule has 1 aromatic heterocycles. The molecular weight excluding hydrogens is 390 g/mol. The molecule has 0 bridgehead atoms. The highest BCUT2D eigenvalue weighted by Crippen LogP contribution is 2.21. The van der Waals surface area contributed by atoms with E-state index in [0.29, 0.717) is 30.6 Å². The van der Waals surface area contributed by atoms with Crippen LogP contribution in [0.3, 0.4) is 0 Å². The van der Waals surface area contributed by atoms with E-state index in [-0.39, 0.29) is 23.8 Å². The fraction of sp³-hybridized carbons (Fsp3) is 0.320. The molecule has 6 nitrogen and oxygen atoms in total. The van der Waals surface area contributed by atoms with Gasteiger partial charge in [-0.1, -0.05) is 35.9 Å².